The molecule has 0 aliphatic rings. The average Bonchev–Trinajstić information content (AvgIpc) is 3.54. The number of carboxylic acids is 1. The van der Waals surface area contributed by atoms with Crippen LogP contribution >= 0.6 is 11.7 Å². The molecule has 0 atom stereocenters. The number of aromatic nitrogens is 3. The van der Waals surface area contributed by atoms with E-state index in [1.165, 1.54) is 19.2 Å². The number of benzene rings is 4. The number of hydrogen-bond acceptors (Lipinski definition) is 6. The lowest BCUT2D eigenvalue weighted by molar-refractivity contribution is 0.0687. The van der Waals surface area contributed by atoms with E-state index in [1.807, 2.05) is 60.7 Å². The van der Waals surface area contributed by atoms with Gasteiger partial charge in [0, 0.05) is 23.6 Å². The van der Waals surface area contributed by atoms with Gasteiger partial charge in [0.15, 0.2) is 11.6 Å². The van der Waals surface area contributed by atoms with E-state index in [9.17, 15) is 14.3 Å². The van der Waals surface area contributed by atoms with E-state index < -0.39 is 11.8 Å². The summed E-state index contributed by atoms with van der Waals surface area (Å²) in [4.78, 5) is 12.8. The maximum absolute atomic E-state index is 14.8. The zero-order chi connectivity index (χ0) is 26.9. The molecule has 2 aromatic heterocycles. The minimum Gasteiger partial charge on any atom is -0.494 e. The van der Waals surface area contributed by atoms with Crippen LogP contribution in [-0.4, -0.2) is 31.5 Å². The van der Waals surface area contributed by atoms with Crippen molar-refractivity contribution in [3.8, 4) is 22.6 Å². The summed E-state index contributed by atoms with van der Waals surface area (Å²) in [6.45, 7) is 0.620. The van der Waals surface area contributed by atoms with Crippen LogP contribution in [0.2, 0.25) is 0 Å². The van der Waals surface area contributed by atoms with Crippen LogP contribution in [0.5, 0.6) is 11.5 Å². The third-order valence-corrected chi connectivity index (χ3v) is 7.14. The highest BCUT2D eigenvalue weighted by molar-refractivity contribution is 7.00. The van der Waals surface area contributed by atoms with Gasteiger partial charge in [-0.1, -0.05) is 42.5 Å². The van der Waals surface area contributed by atoms with Gasteiger partial charge in [0.25, 0.3) is 0 Å². The van der Waals surface area contributed by atoms with Crippen molar-refractivity contribution in [2.45, 2.75) is 13.2 Å². The van der Waals surface area contributed by atoms with Crippen LogP contribution in [0.25, 0.3) is 33.1 Å². The molecule has 0 radical (unpaired) electrons. The standard InChI is InChI=1S/C30H22FN3O4S/c1-37-27-12-8-20(14-23(27)31)28-22-10-9-21(38-17-18-5-3-2-4-6-18)15-26(22)34(29(28)30(35)36)16-19-7-11-24-25(13-19)33-39-32-24/h2-15H,16-17H2,1H3,(H,35,36). The summed E-state index contributed by atoms with van der Waals surface area (Å²) in [5, 5.41) is 11.1. The summed E-state index contributed by atoms with van der Waals surface area (Å²) in [6.07, 6.45) is 0. The Morgan fingerprint density at radius 1 is 0.949 bits per heavy atom. The highest BCUT2D eigenvalue weighted by Gasteiger charge is 2.25. The van der Waals surface area contributed by atoms with E-state index in [0.717, 1.165) is 33.9 Å². The summed E-state index contributed by atoms with van der Waals surface area (Å²) in [6, 6.07) is 25.4. The van der Waals surface area contributed by atoms with Crippen molar-refractivity contribution in [2.75, 3.05) is 7.11 Å². The second-order valence-corrected chi connectivity index (χ2v) is 9.53. The zero-order valence-electron chi connectivity index (χ0n) is 20.8. The Kier molecular flexibility index (Phi) is 6.42. The third kappa shape index (κ3) is 4.68. The minimum absolute atomic E-state index is 0.0475. The van der Waals surface area contributed by atoms with E-state index in [2.05, 4.69) is 8.75 Å². The molecule has 0 aliphatic carbocycles. The van der Waals surface area contributed by atoms with Gasteiger partial charge in [-0.3, -0.25) is 0 Å². The van der Waals surface area contributed by atoms with Crippen LogP contribution in [0.15, 0.2) is 84.9 Å². The van der Waals surface area contributed by atoms with Crippen LogP contribution in [-0.2, 0) is 13.2 Å². The molecule has 0 fully saturated rings. The Hall–Kier alpha value is -4.76. The Balaban J connectivity index is 1.52. The van der Waals surface area contributed by atoms with Crippen LogP contribution in [0, 0.1) is 5.82 Å². The zero-order valence-corrected chi connectivity index (χ0v) is 21.6. The Labute approximate surface area is 227 Å². The molecular formula is C30H22FN3O4S. The maximum atomic E-state index is 14.8. The molecule has 6 rings (SSSR count). The summed E-state index contributed by atoms with van der Waals surface area (Å²) < 4.78 is 36.2. The molecule has 0 amide bonds. The fourth-order valence-corrected chi connectivity index (χ4v) is 5.29. The fraction of sp³-hybridized carbons (Fsp3) is 0.100. The van der Waals surface area contributed by atoms with Crippen molar-refractivity contribution in [1.29, 1.82) is 0 Å². The van der Waals surface area contributed by atoms with Crippen LogP contribution < -0.4 is 9.47 Å². The van der Waals surface area contributed by atoms with Gasteiger partial charge in [0.05, 0.1) is 24.4 Å². The van der Waals surface area contributed by atoms with Gasteiger partial charge in [-0.2, -0.15) is 8.75 Å². The van der Waals surface area contributed by atoms with Gasteiger partial charge in [-0.05, 0) is 53.1 Å². The monoisotopic (exact) mass is 539 g/mol. The normalized spacial score (nSPS) is 11.2. The van der Waals surface area contributed by atoms with Crippen molar-refractivity contribution < 1.29 is 23.8 Å². The SMILES string of the molecule is COc1ccc(-c2c(C(=O)O)n(Cc3ccc4nsnc4c3)c3cc(OCc4ccccc4)ccc23)cc1F. The molecule has 39 heavy (non-hydrogen) atoms. The van der Waals surface area contributed by atoms with Crippen molar-refractivity contribution in [3.63, 3.8) is 0 Å². The first-order chi connectivity index (χ1) is 19.0. The number of methoxy groups -OCH3 is 1. The van der Waals surface area contributed by atoms with Gasteiger partial charge in [0.2, 0.25) is 0 Å². The fourth-order valence-electron chi connectivity index (χ4n) is 4.77. The number of halogens is 1. The van der Waals surface area contributed by atoms with Crippen molar-refractivity contribution in [3.05, 3.63) is 108 Å². The lowest BCUT2D eigenvalue weighted by atomic mass is 10.0. The van der Waals surface area contributed by atoms with Gasteiger partial charge in [-0.15, -0.1) is 0 Å². The topological polar surface area (TPSA) is 86.5 Å². The second-order valence-electron chi connectivity index (χ2n) is 9.00. The van der Waals surface area contributed by atoms with E-state index in [-0.39, 0.29) is 18.0 Å². The number of carbonyl (C=O) groups is 1. The van der Waals surface area contributed by atoms with E-state index >= 15 is 0 Å². The summed E-state index contributed by atoms with van der Waals surface area (Å²) in [7, 11) is 1.39. The molecule has 7 nitrogen and oxygen atoms in total. The predicted octanol–water partition coefficient (Wildman–Crippen LogP) is 6.79. The summed E-state index contributed by atoms with van der Waals surface area (Å²) in [5.41, 5.74) is 4.96. The number of aromatic carboxylic acids is 1. The smallest absolute Gasteiger partial charge is 0.353 e. The molecule has 0 bridgehead atoms. The quantitative estimate of drug-likeness (QED) is 0.229. The third-order valence-electron chi connectivity index (χ3n) is 6.59. The van der Waals surface area contributed by atoms with Crippen LogP contribution in [0.4, 0.5) is 4.39 Å². The van der Waals surface area contributed by atoms with Gasteiger partial charge < -0.3 is 19.1 Å². The maximum Gasteiger partial charge on any atom is 0.353 e. The number of rotatable bonds is 8. The lowest BCUT2D eigenvalue weighted by Crippen LogP contribution is -2.10. The van der Waals surface area contributed by atoms with E-state index in [0.29, 0.717) is 34.4 Å². The molecule has 0 saturated carbocycles. The van der Waals surface area contributed by atoms with Crippen LogP contribution in [0.1, 0.15) is 21.6 Å². The van der Waals surface area contributed by atoms with Crippen molar-refractivity contribution in [1.82, 2.24) is 13.3 Å². The largest absolute Gasteiger partial charge is 0.494 e. The number of fused-ring (bicyclic) bond motifs is 2. The molecule has 2 heterocycles. The molecular weight excluding hydrogens is 517 g/mol. The average molecular weight is 540 g/mol. The Bertz CT molecular complexity index is 1830. The van der Waals surface area contributed by atoms with Crippen LogP contribution in [0.3, 0.4) is 0 Å². The molecule has 0 unspecified atom stereocenters. The minimum atomic E-state index is -1.12. The number of nitrogens with zero attached hydrogens (tertiary/aromatic N) is 3. The predicted molar refractivity (Wildman–Crippen MR) is 148 cm³/mol. The first kappa shape index (κ1) is 24.6. The molecule has 0 saturated heterocycles. The van der Waals surface area contributed by atoms with Gasteiger partial charge in [-0.25, -0.2) is 9.18 Å². The molecule has 0 spiro atoms. The second kappa shape index (κ2) is 10.2. The molecule has 6 aromatic rings. The number of ether oxygens (including phenoxy) is 2. The van der Waals surface area contributed by atoms with E-state index in [1.54, 1.807) is 16.7 Å². The highest BCUT2D eigenvalue weighted by atomic mass is 32.1. The first-order valence-electron chi connectivity index (χ1n) is 12.1. The lowest BCUT2D eigenvalue weighted by Gasteiger charge is -2.11. The Morgan fingerprint density at radius 3 is 2.54 bits per heavy atom. The molecule has 194 valence electrons. The van der Waals surface area contributed by atoms with Crippen molar-refractivity contribution in [2.24, 2.45) is 0 Å². The molecule has 9 heteroatoms. The summed E-state index contributed by atoms with van der Waals surface area (Å²) >= 11 is 1.13. The van der Waals surface area contributed by atoms with Crippen molar-refractivity contribution >= 4 is 39.6 Å². The van der Waals surface area contributed by atoms with E-state index in [4.69, 9.17) is 9.47 Å². The highest BCUT2D eigenvalue weighted by Crippen LogP contribution is 2.39. The number of carboxylic acid groups (broad SMARTS) is 1. The molecule has 4 aromatic carbocycles. The number of hydrogen-bond donors (Lipinski definition) is 1. The Morgan fingerprint density at radius 2 is 1.77 bits per heavy atom. The van der Waals surface area contributed by atoms with Gasteiger partial charge >= 0.3 is 5.97 Å². The molecule has 1 N–H and O–H groups in total. The summed E-state index contributed by atoms with van der Waals surface area (Å²) in [5.74, 6) is -1.02. The molecule has 0 aliphatic heterocycles. The van der Waals surface area contributed by atoms with Gasteiger partial charge in [0.1, 0.15) is 29.1 Å². The first-order valence-corrected chi connectivity index (χ1v) is 12.9.